The van der Waals surface area contributed by atoms with Gasteiger partial charge in [-0.2, -0.15) is 0 Å². The summed E-state index contributed by atoms with van der Waals surface area (Å²) in [6.07, 6.45) is 12.4. The van der Waals surface area contributed by atoms with Gasteiger partial charge in [-0.05, 0) is 78.8 Å². The summed E-state index contributed by atoms with van der Waals surface area (Å²) in [5.41, 5.74) is 0.601. The molecule has 8 atom stereocenters. The van der Waals surface area contributed by atoms with Crippen molar-refractivity contribution in [2.75, 3.05) is 0 Å². The molecule has 2 fully saturated rings. The second-order valence-electron chi connectivity index (χ2n) is 12.6. The Labute approximate surface area is 200 Å². The number of fused-ring (bicyclic) bond motifs is 5. The van der Waals surface area contributed by atoms with Crippen LogP contribution in [0.2, 0.25) is 0 Å². The minimum Gasteiger partial charge on any atom is -0.463 e. The van der Waals surface area contributed by atoms with Gasteiger partial charge in [0.25, 0.3) is 0 Å². The quantitative estimate of drug-likeness (QED) is 0.482. The first-order valence-electron chi connectivity index (χ1n) is 13.4. The lowest BCUT2D eigenvalue weighted by molar-refractivity contribution is -0.196. The molecule has 4 heteroatoms. The van der Waals surface area contributed by atoms with Crippen LogP contribution in [0.1, 0.15) is 99.3 Å². The van der Waals surface area contributed by atoms with Crippen LogP contribution in [0.4, 0.5) is 0 Å². The number of esters is 1. The van der Waals surface area contributed by atoms with E-state index in [1.807, 2.05) is 0 Å². The third kappa shape index (κ3) is 3.93. The maximum absolute atomic E-state index is 12.3. The van der Waals surface area contributed by atoms with E-state index in [0.717, 1.165) is 43.6 Å². The molecular formula is C29H46O4. The van der Waals surface area contributed by atoms with Crippen LogP contribution in [0.3, 0.4) is 0 Å². The van der Waals surface area contributed by atoms with Crippen molar-refractivity contribution in [3.8, 4) is 0 Å². The number of aliphatic hydroxyl groups is 2. The van der Waals surface area contributed by atoms with Crippen molar-refractivity contribution >= 4 is 5.97 Å². The zero-order chi connectivity index (χ0) is 24.2. The van der Waals surface area contributed by atoms with Crippen molar-refractivity contribution in [2.45, 2.75) is 117 Å². The molecule has 33 heavy (non-hydrogen) atoms. The molecule has 4 rings (SSSR count). The lowest BCUT2D eigenvalue weighted by Gasteiger charge is -2.62. The fourth-order valence-electron chi connectivity index (χ4n) is 8.23. The summed E-state index contributed by atoms with van der Waals surface area (Å²) >= 11 is 0. The molecule has 0 bridgehead atoms. The van der Waals surface area contributed by atoms with Crippen LogP contribution in [0, 0.1) is 34.5 Å². The van der Waals surface area contributed by atoms with Gasteiger partial charge in [0.2, 0.25) is 0 Å². The molecule has 0 radical (unpaired) electrons. The summed E-state index contributed by atoms with van der Waals surface area (Å²) in [5, 5.41) is 23.9. The van der Waals surface area contributed by atoms with E-state index in [0.29, 0.717) is 18.3 Å². The molecule has 186 valence electrons. The van der Waals surface area contributed by atoms with Gasteiger partial charge in [0, 0.05) is 12.3 Å². The molecule has 4 nitrogen and oxygen atoms in total. The fourth-order valence-corrected chi connectivity index (χ4v) is 8.23. The molecule has 0 aromatic rings. The first kappa shape index (κ1) is 25.0. The number of carbonyl (C=O) groups excluding carboxylic acids is 1. The van der Waals surface area contributed by atoms with Gasteiger partial charge in [0.15, 0.2) is 0 Å². The lowest BCUT2D eigenvalue weighted by atomic mass is 9.45. The van der Waals surface area contributed by atoms with Crippen LogP contribution in [0.5, 0.6) is 0 Å². The summed E-state index contributed by atoms with van der Waals surface area (Å²) in [6.45, 7) is 13.0. The monoisotopic (exact) mass is 458 g/mol. The van der Waals surface area contributed by atoms with Crippen molar-refractivity contribution in [2.24, 2.45) is 34.5 Å². The van der Waals surface area contributed by atoms with Gasteiger partial charge in [-0.1, -0.05) is 66.0 Å². The predicted molar refractivity (Wildman–Crippen MR) is 131 cm³/mol. The Morgan fingerprint density at radius 1 is 1.15 bits per heavy atom. The molecule has 0 heterocycles. The SMILES string of the molecule is CC(=O)O[C@H]1CC[C@@]2(C)C(CC=C3C4=CC[C@H]([C@H](C)CCCC(C)C)[C@@]4(C)C[C@@H](O)[C@@]32O)C1. The molecule has 0 saturated heterocycles. The molecule has 0 amide bonds. The van der Waals surface area contributed by atoms with Crippen LogP contribution >= 0.6 is 0 Å². The van der Waals surface area contributed by atoms with Crippen molar-refractivity contribution in [1.29, 1.82) is 0 Å². The number of hydrogen-bond donors (Lipinski definition) is 2. The predicted octanol–water partition coefficient (Wildman–Crippen LogP) is 5.97. The Morgan fingerprint density at radius 2 is 1.85 bits per heavy atom. The average molecular weight is 459 g/mol. The third-order valence-corrected chi connectivity index (χ3v) is 10.2. The van der Waals surface area contributed by atoms with E-state index in [4.69, 9.17) is 4.74 Å². The van der Waals surface area contributed by atoms with E-state index in [2.05, 4.69) is 46.8 Å². The second-order valence-corrected chi connectivity index (χ2v) is 12.6. The summed E-state index contributed by atoms with van der Waals surface area (Å²) < 4.78 is 5.54. The highest BCUT2D eigenvalue weighted by Crippen LogP contribution is 2.66. The van der Waals surface area contributed by atoms with Gasteiger partial charge in [-0.3, -0.25) is 4.79 Å². The van der Waals surface area contributed by atoms with Crippen molar-refractivity contribution in [3.63, 3.8) is 0 Å². The summed E-state index contributed by atoms with van der Waals surface area (Å²) in [4.78, 5) is 11.5. The second kappa shape index (κ2) is 8.82. The third-order valence-electron chi connectivity index (χ3n) is 10.2. The Bertz CT molecular complexity index is 827. The normalized spacial score (nSPS) is 43.2. The number of carbonyl (C=O) groups is 1. The first-order valence-corrected chi connectivity index (χ1v) is 13.4. The molecule has 0 aromatic heterocycles. The summed E-state index contributed by atoms with van der Waals surface area (Å²) in [5.74, 6) is 1.84. The molecular weight excluding hydrogens is 412 g/mol. The standard InChI is InChI=1S/C29H46O4/c1-18(2)8-7-9-19(3)23-12-13-24-25-11-10-21-16-22(33-20(4)30)14-15-28(21,6)29(25,32)26(31)17-27(23,24)5/h11,13,18-19,21-23,26,31-32H,7-10,12,14-17H2,1-6H3/t19-,21?,22+,23-,26-,27-,28+,29+/m1/s1. The van der Waals surface area contributed by atoms with Crippen molar-refractivity contribution in [1.82, 2.24) is 0 Å². The maximum atomic E-state index is 12.3. The Hall–Kier alpha value is -1.13. The molecule has 4 aliphatic carbocycles. The maximum Gasteiger partial charge on any atom is 0.302 e. The zero-order valence-electron chi connectivity index (χ0n) is 21.7. The molecule has 1 unspecified atom stereocenters. The smallest absolute Gasteiger partial charge is 0.302 e. The summed E-state index contributed by atoms with van der Waals surface area (Å²) in [6, 6.07) is 0. The Balaban J connectivity index is 1.59. The van der Waals surface area contributed by atoms with Gasteiger partial charge < -0.3 is 14.9 Å². The highest BCUT2D eigenvalue weighted by atomic mass is 16.5. The van der Waals surface area contributed by atoms with E-state index in [-0.39, 0.29) is 23.4 Å². The highest BCUT2D eigenvalue weighted by molar-refractivity contribution is 5.66. The van der Waals surface area contributed by atoms with E-state index in [1.165, 1.54) is 31.8 Å². The van der Waals surface area contributed by atoms with Crippen molar-refractivity contribution < 1.29 is 19.7 Å². The van der Waals surface area contributed by atoms with E-state index >= 15 is 0 Å². The van der Waals surface area contributed by atoms with Gasteiger partial charge in [-0.25, -0.2) is 0 Å². The van der Waals surface area contributed by atoms with Crippen LogP contribution in [-0.4, -0.2) is 34.0 Å². The van der Waals surface area contributed by atoms with Crippen LogP contribution in [0.25, 0.3) is 0 Å². The molecule has 0 spiro atoms. The van der Waals surface area contributed by atoms with E-state index in [1.54, 1.807) is 0 Å². The molecule has 0 aromatic carbocycles. The Morgan fingerprint density at radius 3 is 2.52 bits per heavy atom. The number of aliphatic hydroxyl groups excluding tert-OH is 1. The molecule has 4 aliphatic rings. The van der Waals surface area contributed by atoms with E-state index < -0.39 is 17.1 Å². The molecule has 2 saturated carbocycles. The van der Waals surface area contributed by atoms with Gasteiger partial charge in [0.1, 0.15) is 11.7 Å². The highest BCUT2D eigenvalue weighted by Gasteiger charge is 2.66. The van der Waals surface area contributed by atoms with Gasteiger partial charge in [-0.15, -0.1) is 0 Å². The largest absolute Gasteiger partial charge is 0.463 e. The number of ether oxygens (including phenoxy) is 1. The van der Waals surface area contributed by atoms with Crippen molar-refractivity contribution in [3.05, 3.63) is 23.3 Å². The van der Waals surface area contributed by atoms with Crippen LogP contribution < -0.4 is 0 Å². The minimum absolute atomic E-state index is 0.0765. The van der Waals surface area contributed by atoms with E-state index in [9.17, 15) is 15.0 Å². The minimum atomic E-state index is -1.22. The number of allylic oxidation sites excluding steroid dienone is 2. The Kier molecular flexibility index (Phi) is 6.68. The van der Waals surface area contributed by atoms with Gasteiger partial charge >= 0.3 is 5.97 Å². The topological polar surface area (TPSA) is 66.8 Å². The lowest BCUT2D eigenvalue weighted by Crippen LogP contribution is -2.66. The van der Waals surface area contributed by atoms with Gasteiger partial charge in [0.05, 0.1) is 6.10 Å². The van der Waals surface area contributed by atoms with Crippen LogP contribution in [0.15, 0.2) is 23.3 Å². The fraction of sp³-hybridized carbons (Fsp3) is 0.828. The van der Waals surface area contributed by atoms with Crippen LogP contribution in [-0.2, 0) is 9.53 Å². The molecule has 0 aliphatic heterocycles. The number of hydrogen-bond acceptors (Lipinski definition) is 4. The average Bonchev–Trinajstić information content (AvgIpc) is 3.05. The summed E-state index contributed by atoms with van der Waals surface area (Å²) in [7, 11) is 0. The molecule has 2 N–H and O–H groups in total. The zero-order valence-corrected chi connectivity index (χ0v) is 21.7. The first-order chi connectivity index (χ1) is 15.4. The number of rotatable bonds is 6.